The van der Waals surface area contributed by atoms with Crippen molar-refractivity contribution in [1.82, 2.24) is 4.90 Å². The molecule has 0 saturated carbocycles. The molecule has 0 aromatic heterocycles. The Labute approximate surface area is 78.9 Å². The van der Waals surface area contributed by atoms with Crippen LogP contribution < -0.4 is 0 Å². The molecule has 0 aromatic carbocycles. The summed E-state index contributed by atoms with van der Waals surface area (Å²) < 4.78 is 0. The predicted molar refractivity (Wildman–Crippen MR) is 50.4 cm³/mol. The van der Waals surface area contributed by atoms with Gasteiger partial charge in [-0.15, -0.1) is 11.6 Å². The Bertz CT molecular complexity index is 161. The summed E-state index contributed by atoms with van der Waals surface area (Å²) in [6, 6.07) is 0. The maximum absolute atomic E-state index is 11.4. The van der Waals surface area contributed by atoms with Crippen LogP contribution in [0, 0.1) is 0 Å². The molecule has 1 heterocycles. The molecule has 0 bridgehead atoms. The second-order valence-corrected chi connectivity index (χ2v) is 3.95. The smallest absolute Gasteiger partial charge is 0.222 e. The lowest BCUT2D eigenvalue weighted by Gasteiger charge is -2.14. The van der Waals surface area contributed by atoms with Crippen LogP contribution in [0.1, 0.15) is 32.6 Å². The van der Waals surface area contributed by atoms with Crippen LogP contribution >= 0.6 is 11.6 Å². The van der Waals surface area contributed by atoms with E-state index in [2.05, 4.69) is 6.92 Å². The van der Waals surface area contributed by atoms with Crippen molar-refractivity contribution in [1.29, 1.82) is 0 Å². The zero-order valence-corrected chi connectivity index (χ0v) is 8.31. The Hall–Kier alpha value is -0.240. The molecule has 0 radical (unpaired) electrons. The number of carbonyl (C=O) groups excluding carboxylic acids is 1. The van der Waals surface area contributed by atoms with Gasteiger partial charge in [0, 0.05) is 19.5 Å². The van der Waals surface area contributed by atoms with E-state index < -0.39 is 0 Å². The van der Waals surface area contributed by atoms with Crippen LogP contribution in [-0.4, -0.2) is 29.3 Å². The number of hydrogen-bond donors (Lipinski definition) is 0. The van der Waals surface area contributed by atoms with Crippen LogP contribution in [-0.2, 0) is 4.79 Å². The Morgan fingerprint density at radius 2 is 2.42 bits per heavy atom. The number of halogens is 1. The minimum atomic E-state index is 0.190. The monoisotopic (exact) mass is 189 g/mol. The third kappa shape index (κ3) is 2.67. The molecule has 1 amide bonds. The van der Waals surface area contributed by atoms with Crippen molar-refractivity contribution in [2.24, 2.45) is 0 Å². The summed E-state index contributed by atoms with van der Waals surface area (Å²) in [4.78, 5) is 13.3. The molecule has 0 aromatic rings. The number of unbranched alkanes of at least 4 members (excludes halogenated alkanes) is 1. The highest BCUT2D eigenvalue weighted by atomic mass is 35.5. The molecule has 0 spiro atoms. The summed E-state index contributed by atoms with van der Waals surface area (Å²) >= 11 is 5.89. The van der Waals surface area contributed by atoms with Gasteiger partial charge in [0.1, 0.15) is 0 Å². The van der Waals surface area contributed by atoms with Gasteiger partial charge in [-0.2, -0.15) is 0 Å². The Morgan fingerprint density at radius 1 is 1.67 bits per heavy atom. The van der Waals surface area contributed by atoms with Gasteiger partial charge >= 0.3 is 0 Å². The first-order valence-corrected chi connectivity index (χ1v) is 5.09. The SMILES string of the molecule is CCCCC(=O)N1CCC(Cl)C1. The van der Waals surface area contributed by atoms with Gasteiger partial charge in [0.15, 0.2) is 0 Å². The summed E-state index contributed by atoms with van der Waals surface area (Å²) in [5.41, 5.74) is 0. The highest BCUT2D eigenvalue weighted by Crippen LogP contribution is 2.15. The first-order chi connectivity index (χ1) is 5.74. The number of carbonyl (C=O) groups is 1. The normalized spacial score (nSPS) is 23.2. The van der Waals surface area contributed by atoms with Gasteiger partial charge in [-0.1, -0.05) is 13.3 Å². The molecule has 1 atom stereocenters. The van der Waals surface area contributed by atoms with Gasteiger partial charge in [0.2, 0.25) is 5.91 Å². The number of amides is 1. The number of alkyl halides is 1. The molecule has 2 nitrogen and oxygen atoms in total. The van der Waals surface area contributed by atoms with E-state index in [1.807, 2.05) is 4.90 Å². The third-order valence-electron chi connectivity index (χ3n) is 2.23. The standard InChI is InChI=1S/C9H16ClNO/c1-2-3-4-9(12)11-6-5-8(10)7-11/h8H,2-7H2,1H3. The maximum Gasteiger partial charge on any atom is 0.222 e. The number of nitrogens with zero attached hydrogens (tertiary/aromatic N) is 1. The van der Waals surface area contributed by atoms with Crippen molar-refractivity contribution in [2.45, 2.75) is 38.0 Å². The first kappa shape index (κ1) is 9.85. The van der Waals surface area contributed by atoms with Crippen LogP contribution in [0.4, 0.5) is 0 Å². The fourth-order valence-corrected chi connectivity index (χ4v) is 1.69. The second kappa shape index (κ2) is 4.70. The summed E-state index contributed by atoms with van der Waals surface area (Å²) in [7, 11) is 0. The van der Waals surface area contributed by atoms with Gasteiger partial charge in [-0.25, -0.2) is 0 Å². The largest absolute Gasteiger partial charge is 0.341 e. The van der Waals surface area contributed by atoms with Crippen LogP contribution in [0.2, 0.25) is 0 Å². The summed E-state index contributed by atoms with van der Waals surface area (Å²) in [6.45, 7) is 3.71. The van der Waals surface area contributed by atoms with E-state index in [9.17, 15) is 4.79 Å². The van der Waals surface area contributed by atoms with E-state index in [4.69, 9.17) is 11.6 Å². The molecule has 70 valence electrons. The summed E-state index contributed by atoms with van der Waals surface area (Å²) in [6.07, 6.45) is 3.74. The van der Waals surface area contributed by atoms with Crippen molar-refractivity contribution < 1.29 is 4.79 Å². The molecule has 1 aliphatic heterocycles. The average Bonchev–Trinajstić information content (AvgIpc) is 2.47. The molecule has 1 fully saturated rings. The summed E-state index contributed by atoms with van der Waals surface area (Å²) in [5, 5.41) is 0.190. The molecule has 0 N–H and O–H groups in total. The van der Waals surface area contributed by atoms with Crippen LogP contribution in [0.3, 0.4) is 0 Å². The highest BCUT2D eigenvalue weighted by Gasteiger charge is 2.23. The van der Waals surface area contributed by atoms with Crippen molar-refractivity contribution in [3.8, 4) is 0 Å². The van der Waals surface area contributed by atoms with Crippen molar-refractivity contribution in [3.05, 3.63) is 0 Å². The fraction of sp³-hybridized carbons (Fsp3) is 0.889. The van der Waals surface area contributed by atoms with Crippen LogP contribution in [0.5, 0.6) is 0 Å². The van der Waals surface area contributed by atoms with Crippen molar-refractivity contribution in [3.63, 3.8) is 0 Å². The number of likely N-dealkylation sites (tertiary alicyclic amines) is 1. The van der Waals surface area contributed by atoms with Crippen molar-refractivity contribution >= 4 is 17.5 Å². The molecule has 0 aliphatic carbocycles. The van der Waals surface area contributed by atoms with E-state index in [-0.39, 0.29) is 11.3 Å². The lowest BCUT2D eigenvalue weighted by atomic mass is 10.2. The quantitative estimate of drug-likeness (QED) is 0.623. The zero-order valence-electron chi connectivity index (χ0n) is 7.55. The van der Waals surface area contributed by atoms with E-state index in [0.29, 0.717) is 6.42 Å². The van der Waals surface area contributed by atoms with E-state index in [0.717, 1.165) is 32.4 Å². The third-order valence-corrected chi connectivity index (χ3v) is 2.58. The second-order valence-electron chi connectivity index (χ2n) is 3.33. The van der Waals surface area contributed by atoms with E-state index >= 15 is 0 Å². The first-order valence-electron chi connectivity index (χ1n) is 4.66. The van der Waals surface area contributed by atoms with Crippen molar-refractivity contribution in [2.75, 3.05) is 13.1 Å². The Kier molecular flexibility index (Phi) is 3.86. The molecule has 3 heteroatoms. The molecule has 12 heavy (non-hydrogen) atoms. The fourth-order valence-electron chi connectivity index (χ4n) is 1.43. The maximum atomic E-state index is 11.4. The zero-order chi connectivity index (χ0) is 8.97. The summed E-state index contributed by atoms with van der Waals surface area (Å²) in [5.74, 6) is 0.278. The molecule has 1 saturated heterocycles. The lowest BCUT2D eigenvalue weighted by molar-refractivity contribution is -0.130. The highest BCUT2D eigenvalue weighted by molar-refractivity contribution is 6.21. The van der Waals surface area contributed by atoms with Crippen LogP contribution in [0.15, 0.2) is 0 Å². The average molecular weight is 190 g/mol. The molecular formula is C9H16ClNO. The minimum absolute atomic E-state index is 0.190. The molecule has 1 rings (SSSR count). The lowest BCUT2D eigenvalue weighted by Crippen LogP contribution is -2.28. The van der Waals surface area contributed by atoms with Gasteiger partial charge in [-0.05, 0) is 12.8 Å². The van der Waals surface area contributed by atoms with Gasteiger partial charge in [-0.3, -0.25) is 4.79 Å². The number of rotatable bonds is 3. The Balaban J connectivity index is 2.23. The van der Waals surface area contributed by atoms with Gasteiger partial charge in [0.25, 0.3) is 0 Å². The van der Waals surface area contributed by atoms with Crippen LogP contribution in [0.25, 0.3) is 0 Å². The van der Waals surface area contributed by atoms with Gasteiger partial charge < -0.3 is 4.90 Å². The topological polar surface area (TPSA) is 20.3 Å². The predicted octanol–water partition coefficient (Wildman–Crippen LogP) is 2.02. The van der Waals surface area contributed by atoms with Gasteiger partial charge in [0.05, 0.1) is 5.38 Å². The molecule has 1 aliphatic rings. The molecular weight excluding hydrogens is 174 g/mol. The van der Waals surface area contributed by atoms with E-state index in [1.165, 1.54) is 0 Å². The Morgan fingerprint density at radius 3 is 2.92 bits per heavy atom. The number of hydrogen-bond acceptors (Lipinski definition) is 1. The minimum Gasteiger partial charge on any atom is -0.341 e. The van der Waals surface area contributed by atoms with E-state index in [1.54, 1.807) is 0 Å². The molecule has 1 unspecified atom stereocenters.